The van der Waals surface area contributed by atoms with Crippen LogP contribution in [0.3, 0.4) is 0 Å². The fourth-order valence-electron chi connectivity index (χ4n) is 2.05. The lowest BCUT2D eigenvalue weighted by Crippen LogP contribution is -2.04. The van der Waals surface area contributed by atoms with Crippen molar-refractivity contribution in [3.8, 4) is 0 Å². The van der Waals surface area contributed by atoms with Gasteiger partial charge in [-0.25, -0.2) is 0 Å². The van der Waals surface area contributed by atoms with E-state index < -0.39 is 5.56 Å². The Balaban J connectivity index is 2.15. The molecule has 1 aromatic rings. The number of aliphatic hydroxyl groups excluding tert-OH is 1. The summed E-state index contributed by atoms with van der Waals surface area (Å²) >= 11 is 5.58. The molecule has 2 unspecified atom stereocenters. The molecule has 15 heavy (non-hydrogen) atoms. The van der Waals surface area contributed by atoms with Gasteiger partial charge in [-0.15, -0.1) is 0 Å². The summed E-state index contributed by atoms with van der Waals surface area (Å²) in [5, 5.41) is 12.4. The third kappa shape index (κ3) is 2.51. The third-order valence-corrected chi connectivity index (χ3v) is 3.16. The van der Waals surface area contributed by atoms with E-state index in [9.17, 15) is 0 Å². The highest BCUT2D eigenvalue weighted by molar-refractivity contribution is 6.19. The second kappa shape index (κ2) is 4.52. The first kappa shape index (κ1) is 10.9. The molecular formula is C12H16ClNO. The van der Waals surface area contributed by atoms with Gasteiger partial charge in [-0.05, 0) is 29.0 Å². The fourth-order valence-corrected chi connectivity index (χ4v) is 2.32. The molecule has 1 aliphatic rings. The molecule has 2 atom stereocenters. The zero-order valence-electron chi connectivity index (χ0n) is 8.83. The monoisotopic (exact) mass is 225 g/mol. The number of aliphatic hydroxyl groups is 1. The second-order valence-corrected chi connectivity index (χ2v) is 4.71. The SMILES string of the molecule is CC(CC(O)Cl)c1ccc2c(c1)CNC2. The maximum atomic E-state index is 9.13. The number of hydrogen-bond donors (Lipinski definition) is 2. The van der Waals surface area contributed by atoms with Crippen LogP contribution >= 0.6 is 11.6 Å². The number of rotatable bonds is 3. The molecule has 0 spiro atoms. The van der Waals surface area contributed by atoms with Crippen LogP contribution in [-0.2, 0) is 13.1 Å². The Kier molecular flexibility index (Phi) is 3.29. The van der Waals surface area contributed by atoms with Gasteiger partial charge in [0.15, 0.2) is 0 Å². The van der Waals surface area contributed by atoms with Crippen molar-refractivity contribution in [1.29, 1.82) is 0 Å². The minimum absolute atomic E-state index is 0.309. The molecule has 2 N–H and O–H groups in total. The van der Waals surface area contributed by atoms with E-state index in [1.807, 2.05) is 0 Å². The molecule has 0 aromatic heterocycles. The smallest absolute Gasteiger partial charge is 0.128 e. The Hall–Kier alpha value is -0.570. The molecule has 0 bridgehead atoms. The fraction of sp³-hybridized carbons (Fsp3) is 0.500. The first-order valence-electron chi connectivity index (χ1n) is 5.31. The molecule has 2 rings (SSSR count). The summed E-state index contributed by atoms with van der Waals surface area (Å²) < 4.78 is 0. The lowest BCUT2D eigenvalue weighted by Gasteiger charge is -2.13. The van der Waals surface area contributed by atoms with Crippen molar-refractivity contribution in [3.63, 3.8) is 0 Å². The van der Waals surface area contributed by atoms with Crippen molar-refractivity contribution in [1.82, 2.24) is 5.32 Å². The van der Waals surface area contributed by atoms with Crippen LogP contribution in [0.15, 0.2) is 18.2 Å². The largest absolute Gasteiger partial charge is 0.378 e. The molecule has 0 saturated carbocycles. The normalized spacial score (nSPS) is 18.6. The molecule has 0 aliphatic carbocycles. The van der Waals surface area contributed by atoms with Crippen LogP contribution in [0.2, 0.25) is 0 Å². The molecule has 1 aliphatic heterocycles. The summed E-state index contributed by atoms with van der Waals surface area (Å²) in [7, 11) is 0. The lowest BCUT2D eigenvalue weighted by atomic mass is 9.95. The standard InChI is InChI=1S/C12H16ClNO/c1-8(4-12(13)15)9-2-3-10-6-14-7-11(10)5-9/h2-3,5,8,12,14-15H,4,6-7H2,1H3. The Labute approximate surface area is 95.3 Å². The van der Waals surface area contributed by atoms with Crippen LogP contribution < -0.4 is 5.32 Å². The van der Waals surface area contributed by atoms with Gasteiger partial charge >= 0.3 is 0 Å². The quantitative estimate of drug-likeness (QED) is 0.774. The molecule has 1 heterocycles. The zero-order chi connectivity index (χ0) is 10.8. The second-order valence-electron chi connectivity index (χ2n) is 4.20. The van der Waals surface area contributed by atoms with Gasteiger partial charge in [-0.3, -0.25) is 0 Å². The number of halogens is 1. The zero-order valence-corrected chi connectivity index (χ0v) is 9.59. The summed E-state index contributed by atoms with van der Waals surface area (Å²) in [5.41, 5.74) is 3.28. The van der Waals surface area contributed by atoms with Crippen molar-refractivity contribution in [2.24, 2.45) is 0 Å². The predicted molar refractivity (Wildman–Crippen MR) is 61.9 cm³/mol. The molecule has 0 radical (unpaired) electrons. The predicted octanol–water partition coefficient (Wildman–Crippen LogP) is 2.34. The van der Waals surface area contributed by atoms with Crippen LogP contribution in [0, 0.1) is 0 Å². The molecule has 0 saturated heterocycles. The first-order chi connectivity index (χ1) is 7.16. The number of benzene rings is 1. The number of hydrogen-bond acceptors (Lipinski definition) is 2. The van der Waals surface area contributed by atoms with Crippen molar-refractivity contribution in [3.05, 3.63) is 34.9 Å². The average molecular weight is 226 g/mol. The molecule has 1 aromatic carbocycles. The summed E-state index contributed by atoms with van der Waals surface area (Å²) in [5.74, 6) is 0.309. The van der Waals surface area contributed by atoms with Crippen molar-refractivity contribution in [2.45, 2.75) is 37.9 Å². The third-order valence-electron chi connectivity index (χ3n) is 2.98. The van der Waals surface area contributed by atoms with Crippen molar-refractivity contribution < 1.29 is 5.11 Å². The average Bonchev–Trinajstić information content (AvgIpc) is 2.62. The van der Waals surface area contributed by atoms with Gasteiger partial charge < -0.3 is 10.4 Å². The maximum absolute atomic E-state index is 9.13. The first-order valence-corrected chi connectivity index (χ1v) is 5.75. The van der Waals surface area contributed by atoms with Gasteiger partial charge in [0.05, 0.1) is 0 Å². The van der Waals surface area contributed by atoms with Gasteiger partial charge in [0.25, 0.3) is 0 Å². The van der Waals surface area contributed by atoms with E-state index in [2.05, 4.69) is 30.4 Å². The number of fused-ring (bicyclic) bond motifs is 1. The van der Waals surface area contributed by atoms with Crippen molar-refractivity contribution in [2.75, 3.05) is 0 Å². The lowest BCUT2D eigenvalue weighted by molar-refractivity contribution is 0.236. The molecule has 0 fully saturated rings. The van der Waals surface area contributed by atoms with E-state index in [4.69, 9.17) is 16.7 Å². The van der Waals surface area contributed by atoms with E-state index >= 15 is 0 Å². The van der Waals surface area contributed by atoms with Crippen LogP contribution in [0.4, 0.5) is 0 Å². The highest BCUT2D eigenvalue weighted by atomic mass is 35.5. The summed E-state index contributed by atoms with van der Waals surface area (Å²) in [6, 6.07) is 6.52. The van der Waals surface area contributed by atoms with E-state index in [0.29, 0.717) is 12.3 Å². The highest BCUT2D eigenvalue weighted by Gasteiger charge is 2.14. The van der Waals surface area contributed by atoms with Gasteiger partial charge in [-0.2, -0.15) is 0 Å². The Morgan fingerprint density at radius 1 is 1.40 bits per heavy atom. The van der Waals surface area contributed by atoms with Gasteiger partial charge in [-0.1, -0.05) is 36.7 Å². The molecular weight excluding hydrogens is 210 g/mol. The van der Waals surface area contributed by atoms with E-state index in [0.717, 1.165) is 13.1 Å². The Morgan fingerprint density at radius 2 is 2.13 bits per heavy atom. The van der Waals surface area contributed by atoms with Crippen LogP contribution in [0.25, 0.3) is 0 Å². The maximum Gasteiger partial charge on any atom is 0.128 e. The Bertz CT molecular complexity index is 351. The minimum Gasteiger partial charge on any atom is -0.378 e. The highest BCUT2D eigenvalue weighted by Crippen LogP contribution is 2.25. The summed E-state index contributed by atoms with van der Waals surface area (Å²) in [4.78, 5) is 0. The Morgan fingerprint density at radius 3 is 2.87 bits per heavy atom. The van der Waals surface area contributed by atoms with Gasteiger partial charge in [0.1, 0.15) is 5.56 Å². The topological polar surface area (TPSA) is 32.3 Å². The van der Waals surface area contributed by atoms with E-state index in [1.165, 1.54) is 16.7 Å². The van der Waals surface area contributed by atoms with Gasteiger partial charge in [0.2, 0.25) is 0 Å². The summed E-state index contributed by atoms with van der Waals surface area (Å²) in [6.45, 7) is 4.02. The van der Waals surface area contributed by atoms with Crippen LogP contribution in [0.5, 0.6) is 0 Å². The summed E-state index contributed by atoms with van der Waals surface area (Å²) in [6.07, 6.45) is 0.605. The van der Waals surface area contributed by atoms with Gasteiger partial charge in [0, 0.05) is 13.1 Å². The molecule has 3 heteroatoms. The van der Waals surface area contributed by atoms with Crippen LogP contribution in [-0.4, -0.2) is 10.7 Å². The minimum atomic E-state index is -0.744. The number of alkyl halides is 1. The van der Waals surface area contributed by atoms with E-state index in [1.54, 1.807) is 0 Å². The molecule has 2 nitrogen and oxygen atoms in total. The number of nitrogens with one attached hydrogen (secondary N) is 1. The van der Waals surface area contributed by atoms with Crippen LogP contribution in [0.1, 0.15) is 36.0 Å². The van der Waals surface area contributed by atoms with E-state index in [-0.39, 0.29) is 0 Å². The molecule has 82 valence electrons. The molecule has 0 amide bonds. The van der Waals surface area contributed by atoms with Crippen molar-refractivity contribution >= 4 is 11.6 Å².